The van der Waals surface area contributed by atoms with Crippen LogP contribution in [0.1, 0.15) is 2.85 Å². The third-order valence-corrected chi connectivity index (χ3v) is 5.40. The molecule has 0 unspecified atom stereocenters. The van der Waals surface area contributed by atoms with E-state index < -0.39 is 50.7 Å². The average Bonchev–Trinajstić information content (AvgIpc) is 2.33. The zero-order valence-corrected chi connectivity index (χ0v) is 19.4. The molecule has 15 heteroatoms. The van der Waals surface area contributed by atoms with E-state index in [1.165, 1.54) is 0 Å². The third kappa shape index (κ3) is 5.60. The van der Waals surface area contributed by atoms with Crippen LogP contribution in [0.5, 0.6) is 0 Å². The Morgan fingerprint density at radius 1 is 0.720 bits per heavy atom. The summed E-state index contributed by atoms with van der Waals surface area (Å²) in [4.78, 5) is -2.58. The maximum absolute atomic E-state index is 11.4. The molecule has 0 amide bonds. The van der Waals surface area contributed by atoms with E-state index in [-0.39, 0.29) is 72.7 Å². The average molecular weight is 431 g/mol. The summed E-state index contributed by atoms with van der Waals surface area (Å²) < 4.78 is 94.8. The molecule has 10 nitrogen and oxygen atoms in total. The number of nitrogen functional groups attached to an aromatic ring is 1. The van der Waals surface area contributed by atoms with E-state index in [1.54, 1.807) is 0 Å². The molecule has 0 atom stereocenters. The van der Waals surface area contributed by atoms with Crippen LogP contribution in [0.2, 0.25) is 0 Å². The van der Waals surface area contributed by atoms with E-state index in [1.807, 2.05) is 0 Å². The maximum atomic E-state index is 11.4. The van der Waals surface area contributed by atoms with E-state index in [9.17, 15) is 29.8 Å². The fourth-order valence-corrected chi connectivity index (χ4v) is 3.89. The summed E-state index contributed by atoms with van der Waals surface area (Å²) in [5.41, 5.74) is 5.09. The molecule has 2 rings (SSSR count). The van der Waals surface area contributed by atoms with Gasteiger partial charge in [-0.3, -0.25) is 13.7 Å². The summed E-state index contributed by atoms with van der Waals surface area (Å²) in [6.07, 6.45) is 0. The Morgan fingerprint density at radius 3 is 1.48 bits per heavy atom. The van der Waals surface area contributed by atoms with Gasteiger partial charge in [-0.05, 0) is 29.7 Å². The number of fused-ring (bicyclic) bond motifs is 1. The zero-order chi connectivity index (χ0) is 17.8. The summed E-state index contributed by atoms with van der Waals surface area (Å²) in [6.45, 7) is 0. The van der Waals surface area contributed by atoms with Crippen LogP contribution >= 0.6 is 0 Å². The number of hydrogen-bond acceptors (Lipinski definition) is 7. The number of hydrogen-bond donors (Lipinski definition) is 4. The molecule has 0 fully saturated rings. The Balaban J connectivity index is -0.00000144. The first-order chi connectivity index (χ1) is 10.2. The monoisotopic (exact) mass is 431 g/mol. The summed E-state index contributed by atoms with van der Waals surface area (Å²) in [5, 5.41) is -0.715. The normalized spacial score (nSPS) is 12.3. The largest absolute Gasteiger partial charge is 1.00 e. The predicted molar refractivity (Wildman–Crippen MR) is 80.0 cm³/mol. The number of benzene rings is 2. The Labute approximate surface area is 190 Å². The minimum Gasteiger partial charge on any atom is -1.00 e. The van der Waals surface area contributed by atoms with E-state index >= 15 is 0 Å². The molecule has 0 heterocycles. The van der Waals surface area contributed by atoms with Crippen molar-refractivity contribution in [3.8, 4) is 0 Å². The first kappa shape index (κ1) is 25.2. The fraction of sp³-hybridized carbons (Fsp3) is 0. The van der Waals surface area contributed by atoms with E-state index in [0.717, 1.165) is 18.2 Å². The molecule has 0 aromatic heterocycles. The van der Waals surface area contributed by atoms with Gasteiger partial charge in [0.2, 0.25) is 0 Å². The number of nitrogens with two attached hydrogens (primary N) is 1. The van der Waals surface area contributed by atoms with Gasteiger partial charge >= 0.3 is 59.1 Å². The molecule has 0 saturated heterocycles. The van der Waals surface area contributed by atoms with Gasteiger partial charge < -0.3 is 8.59 Å². The van der Waals surface area contributed by atoms with Crippen molar-refractivity contribution in [3.63, 3.8) is 0 Å². The molecule has 0 spiro atoms. The quantitative estimate of drug-likeness (QED) is 0.207. The van der Waals surface area contributed by atoms with Crippen molar-refractivity contribution in [2.45, 2.75) is 14.7 Å². The Morgan fingerprint density at radius 2 is 1.12 bits per heavy atom. The van der Waals surface area contributed by atoms with Crippen LogP contribution in [0.25, 0.3) is 10.8 Å². The number of anilines is 1. The molecular formula is C10H11NNa2O9S3. The van der Waals surface area contributed by atoms with Crippen molar-refractivity contribution in [1.29, 1.82) is 0 Å². The van der Waals surface area contributed by atoms with Crippen LogP contribution in [-0.2, 0) is 30.4 Å². The maximum Gasteiger partial charge on any atom is 1.00 e. The summed E-state index contributed by atoms with van der Waals surface area (Å²) in [5.74, 6) is 0. The minimum atomic E-state index is -4.95. The molecule has 0 saturated carbocycles. The van der Waals surface area contributed by atoms with Crippen LogP contribution < -0.4 is 64.8 Å². The molecule has 0 bridgehead atoms. The Bertz CT molecular complexity index is 1150. The molecule has 2 aromatic rings. The van der Waals surface area contributed by atoms with Gasteiger partial charge in [-0.25, -0.2) is 0 Å². The molecule has 5 N–H and O–H groups in total. The molecule has 0 radical (unpaired) electrons. The van der Waals surface area contributed by atoms with Crippen molar-refractivity contribution < 1.29 is 101 Å². The molecule has 25 heavy (non-hydrogen) atoms. The Kier molecular flexibility index (Phi) is 8.15. The molecular weight excluding hydrogens is 420 g/mol. The van der Waals surface area contributed by atoms with Crippen LogP contribution in [-0.4, -0.2) is 38.9 Å². The fourth-order valence-electron chi connectivity index (χ4n) is 1.96. The van der Waals surface area contributed by atoms with Crippen LogP contribution in [0.15, 0.2) is 39.0 Å². The SMILES string of the molecule is Nc1cc(S(=O)(=O)O)cc2cc(S(=O)(=O)O)cc(S(=O)(=O)O)c12.[H-].[H-].[Na+].[Na+]. The third-order valence-electron chi connectivity index (χ3n) is 2.86. The first-order valence-electron chi connectivity index (χ1n) is 5.51. The van der Waals surface area contributed by atoms with Gasteiger partial charge in [0, 0.05) is 11.1 Å². The standard InChI is InChI=1S/C10H9NO9S3.2Na.2H/c11-8-3-6(21(12,13)14)1-5-2-7(22(15,16)17)4-9(10(5)8)23(18,19)20;;;;/h1-4H,11H2,(H,12,13,14)(H,15,16,17)(H,18,19,20);;;;/q;2*+1;2*-1. The van der Waals surface area contributed by atoms with Gasteiger partial charge in [-0.1, -0.05) is 0 Å². The van der Waals surface area contributed by atoms with E-state index in [0.29, 0.717) is 6.07 Å². The summed E-state index contributed by atoms with van der Waals surface area (Å²) >= 11 is 0. The molecule has 0 aliphatic heterocycles. The summed E-state index contributed by atoms with van der Waals surface area (Å²) in [6, 6.07) is 2.69. The van der Waals surface area contributed by atoms with E-state index in [2.05, 4.69) is 0 Å². The second-order valence-electron chi connectivity index (χ2n) is 4.46. The van der Waals surface area contributed by atoms with E-state index in [4.69, 9.17) is 14.8 Å². The predicted octanol–water partition coefficient (Wildman–Crippen LogP) is -5.60. The number of rotatable bonds is 3. The van der Waals surface area contributed by atoms with Crippen LogP contribution in [0.3, 0.4) is 0 Å². The molecule has 130 valence electrons. The van der Waals surface area contributed by atoms with Crippen molar-refractivity contribution in [2.24, 2.45) is 0 Å². The van der Waals surface area contributed by atoms with Crippen molar-refractivity contribution in [3.05, 3.63) is 24.3 Å². The minimum absolute atomic E-state index is 0. The van der Waals surface area contributed by atoms with Crippen LogP contribution in [0, 0.1) is 0 Å². The molecule has 0 aliphatic rings. The zero-order valence-electron chi connectivity index (χ0n) is 14.9. The van der Waals surface area contributed by atoms with Gasteiger partial charge in [0.15, 0.2) is 0 Å². The second kappa shape index (κ2) is 8.08. The summed E-state index contributed by atoms with van der Waals surface area (Å²) in [7, 11) is -14.5. The van der Waals surface area contributed by atoms with Gasteiger partial charge in [0.25, 0.3) is 30.4 Å². The van der Waals surface area contributed by atoms with Crippen molar-refractivity contribution in [1.82, 2.24) is 0 Å². The smallest absolute Gasteiger partial charge is 1.00 e. The van der Waals surface area contributed by atoms with Crippen molar-refractivity contribution >= 4 is 46.8 Å². The molecule has 2 aromatic carbocycles. The topological polar surface area (TPSA) is 189 Å². The second-order valence-corrected chi connectivity index (χ2v) is 8.69. The Hall–Kier alpha value is 0.230. The first-order valence-corrected chi connectivity index (χ1v) is 9.83. The van der Waals surface area contributed by atoms with Crippen LogP contribution in [0.4, 0.5) is 5.69 Å². The van der Waals surface area contributed by atoms with Gasteiger partial charge in [-0.2, -0.15) is 25.3 Å². The molecule has 0 aliphatic carbocycles. The van der Waals surface area contributed by atoms with Crippen molar-refractivity contribution in [2.75, 3.05) is 5.73 Å². The van der Waals surface area contributed by atoms with Gasteiger partial charge in [0.05, 0.1) is 9.79 Å². The van der Waals surface area contributed by atoms with Gasteiger partial charge in [-0.15, -0.1) is 0 Å². The van der Waals surface area contributed by atoms with Gasteiger partial charge in [0.1, 0.15) is 4.90 Å².